The molecule has 15 heavy (non-hydrogen) atoms. The van der Waals surface area contributed by atoms with Crippen LogP contribution in [0.5, 0.6) is 0 Å². The second kappa shape index (κ2) is 4.97. The zero-order valence-corrected chi connectivity index (χ0v) is 10.4. The van der Waals surface area contributed by atoms with Crippen LogP contribution in [-0.4, -0.2) is 36.6 Å². The van der Waals surface area contributed by atoms with Crippen molar-refractivity contribution in [1.29, 1.82) is 0 Å². The van der Waals surface area contributed by atoms with E-state index >= 15 is 0 Å². The van der Waals surface area contributed by atoms with Gasteiger partial charge in [-0.1, -0.05) is 13.8 Å². The molecular weight excluding hydrogens is 190 g/mol. The van der Waals surface area contributed by atoms with Crippen molar-refractivity contribution in [2.45, 2.75) is 46.6 Å². The van der Waals surface area contributed by atoms with Crippen LogP contribution in [0.4, 0.5) is 0 Å². The Hall–Kier alpha value is -0.570. The number of hydrogen-bond donors (Lipinski definition) is 0. The molecule has 0 N–H and O–H groups in total. The van der Waals surface area contributed by atoms with E-state index in [1.54, 1.807) is 0 Å². The fourth-order valence-electron chi connectivity index (χ4n) is 1.97. The third kappa shape index (κ3) is 4.20. The average Bonchev–Trinajstić information content (AvgIpc) is 2.12. The minimum Gasteiger partial charge on any atom is -0.369 e. The van der Waals surface area contributed by atoms with Gasteiger partial charge in [-0.15, -0.1) is 0 Å². The second-order valence-electron chi connectivity index (χ2n) is 5.44. The number of nitrogens with zero attached hydrogens (tertiary/aromatic N) is 1. The quantitative estimate of drug-likeness (QED) is 0.718. The van der Waals surface area contributed by atoms with E-state index in [-0.39, 0.29) is 24.0 Å². The first-order valence-corrected chi connectivity index (χ1v) is 5.80. The molecule has 1 aliphatic heterocycles. The number of ether oxygens (including phenoxy) is 1. The molecule has 0 saturated carbocycles. The molecule has 0 aromatic carbocycles. The van der Waals surface area contributed by atoms with Gasteiger partial charge in [0.05, 0.1) is 6.10 Å². The van der Waals surface area contributed by atoms with Crippen molar-refractivity contribution in [3.05, 3.63) is 0 Å². The summed E-state index contributed by atoms with van der Waals surface area (Å²) in [4.78, 5) is 13.7. The van der Waals surface area contributed by atoms with E-state index in [9.17, 15) is 4.79 Å². The Labute approximate surface area is 92.8 Å². The number of likely N-dealkylation sites (tertiary alicyclic amines) is 1. The highest BCUT2D eigenvalue weighted by Gasteiger charge is 2.28. The molecule has 1 saturated heterocycles. The van der Waals surface area contributed by atoms with E-state index in [1.807, 2.05) is 18.7 Å². The third-order valence-electron chi connectivity index (χ3n) is 2.79. The molecular formula is C12H23NO2. The average molecular weight is 213 g/mol. The van der Waals surface area contributed by atoms with E-state index in [0.717, 1.165) is 19.5 Å². The van der Waals surface area contributed by atoms with Crippen LogP contribution in [0.1, 0.15) is 40.5 Å². The molecule has 0 bridgehead atoms. The SMILES string of the molecule is CC(C)OCC(=O)N1CCCC(C)(C)C1. The van der Waals surface area contributed by atoms with Gasteiger partial charge in [0, 0.05) is 13.1 Å². The molecule has 1 amide bonds. The molecule has 1 rings (SSSR count). The molecule has 0 unspecified atom stereocenters. The number of rotatable bonds is 3. The summed E-state index contributed by atoms with van der Waals surface area (Å²) < 4.78 is 5.33. The summed E-state index contributed by atoms with van der Waals surface area (Å²) in [6.45, 7) is 10.3. The fourth-order valence-corrected chi connectivity index (χ4v) is 1.97. The van der Waals surface area contributed by atoms with Crippen LogP contribution in [0.3, 0.4) is 0 Å². The summed E-state index contributed by atoms with van der Waals surface area (Å²) in [6, 6.07) is 0. The highest BCUT2D eigenvalue weighted by molar-refractivity contribution is 5.77. The Morgan fingerprint density at radius 1 is 1.47 bits per heavy atom. The summed E-state index contributed by atoms with van der Waals surface area (Å²) >= 11 is 0. The van der Waals surface area contributed by atoms with E-state index in [1.165, 1.54) is 6.42 Å². The van der Waals surface area contributed by atoms with Crippen LogP contribution in [-0.2, 0) is 9.53 Å². The molecule has 3 nitrogen and oxygen atoms in total. The van der Waals surface area contributed by atoms with Gasteiger partial charge in [0.2, 0.25) is 5.91 Å². The molecule has 0 spiro atoms. The second-order valence-corrected chi connectivity index (χ2v) is 5.44. The normalized spacial score (nSPS) is 20.7. The van der Waals surface area contributed by atoms with Crippen LogP contribution in [0.2, 0.25) is 0 Å². The van der Waals surface area contributed by atoms with Crippen molar-refractivity contribution in [3.8, 4) is 0 Å². The maximum Gasteiger partial charge on any atom is 0.248 e. The maximum atomic E-state index is 11.8. The minimum absolute atomic E-state index is 0.131. The first kappa shape index (κ1) is 12.5. The predicted octanol–water partition coefficient (Wildman–Crippen LogP) is 2.06. The maximum absolute atomic E-state index is 11.8. The van der Waals surface area contributed by atoms with E-state index < -0.39 is 0 Å². The monoisotopic (exact) mass is 213 g/mol. The Morgan fingerprint density at radius 2 is 2.13 bits per heavy atom. The molecule has 0 aromatic heterocycles. The van der Waals surface area contributed by atoms with Crippen molar-refractivity contribution in [1.82, 2.24) is 4.90 Å². The van der Waals surface area contributed by atoms with Crippen molar-refractivity contribution in [3.63, 3.8) is 0 Å². The molecule has 3 heteroatoms. The number of amides is 1. The lowest BCUT2D eigenvalue weighted by molar-refractivity contribution is -0.140. The summed E-state index contributed by atoms with van der Waals surface area (Å²) in [5.74, 6) is 0.136. The highest BCUT2D eigenvalue weighted by Crippen LogP contribution is 2.28. The van der Waals surface area contributed by atoms with Crippen molar-refractivity contribution < 1.29 is 9.53 Å². The fraction of sp³-hybridized carbons (Fsp3) is 0.917. The summed E-state index contributed by atoms with van der Waals surface area (Å²) in [5, 5.41) is 0. The van der Waals surface area contributed by atoms with Gasteiger partial charge in [-0.25, -0.2) is 0 Å². The molecule has 1 aliphatic rings. The molecule has 0 radical (unpaired) electrons. The topological polar surface area (TPSA) is 29.5 Å². The van der Waals surface area contributed by atoms with Gasteiger partial charge in [0.15, 0.2) is 0 Å². The largest absolute Gasteiger partial charge is 0.369 e. The zero-order valence-electron chi connectivity index (χ0n) is 10.4. The standard InChI is InChI=1S/C12H23NO2/c1-10(2)15-8-11(14)13-7-5-6-12(3,4)9-13/h10H,5-9H2,1-4H3. The zero-order chi connectivity index (χ0) is 11.5. The minimum atomic E-state index is 0.131. The lowest BCUT2D eigenvalue weighted by Crippen LogP contribution is -2.45. The third-order valence-corrected chi connectivity index (χ3v) is 2.79. The Morgan fingerprint density at radius 3 is 2.67 bits per heavy atom. The Balaban J connectivity index is 2.39. The van der Waals surface area contributed by atoms with Gasteiger partial charge < -0.3 is 9.64 Å². The lowest BCUT2D eigenvalue weighted by atomic mass is 9.84. The van der Waals surface area contributed by atoms with E-state index in [0.29, 0.717) is 0 Å². The van der Waals surface area contributed by atoms with Gasteiger partial charge in [0.1, 0.15) is 6.61 Å². The van der Waals surface area contributed by atoms with E-state index in [2.05, 4.69) is 13.8 Å². The molecule has 0 aliphatic carbocycles. The van der Waals surface area contributed by atoms with Gasteiger partial charge in [-0.2, -0.15) is 0 Å². The molecule has 0 atom stereocenters. The predicted molar refractivity (Wildman–Crippen MR) is 60.7 cm³/mol. The van der Waals surface area contributed by atoms with Crippen LogP contribution >= 0.6 is 0 Å². The van der Waals surface area contributed by atoms with E-state index in [4.69, 9.17) is 4.74 Å². The van der Waals surface area contributed by atoms with Crippen molar-refractivity contribution >= 4 is 5.91 Å². The number of piperidine rings is 1. The Bertz CT molecular complexity index is 224. The first-order chi connectivity index (χ1) is 6.91. The Kier molecular flexibility index (Phi) is 4.14. The van der Waals surface area contributed by atoms with Gasteiger partial charge in [0.25, 0.3) is 0 Å². The smallest absolute Gasteiger partial charge is 0.248 e. The number of carbonyl (C=O) groups excluding carboxylic acids is 1. The number of hydrogen-bond acceptors (Lipinski definition) is 2. The summed E-state index contributed by atoms with van der Waals surface area (Å²) in [7, 11) is 0. The van der Waals surface area contributed by atoms with Crippen LogP contribution in [0.25, 0.3) is 0 Å². The van der Waals surface area contributed by atoms with Gasteiger partial charge in [-0.3, -0.25) is 4.79 Å². The van der Waals surface area contributed by atoms with Crippen molar-refractivity contribution in [2.24, 2.45) is 5.41 Å². The summed E-state index contributed by atoms with van der Waals surface area (Å²) in [5.41, 5.74) is 0.270. The molecule has 88 valence electrons. The van der Waals surface area contributed by atoms with Crippen molar-refractivity contribution in [2.75, 3.05) is 19.7 Å². The van der Waals surface area contributed by atoms with Gasteiger partial charge in [-0.05, 0) is 32.1 Å². The van der Waals surface area contributed by atoms with Gasteiger partial charge >= 0.3 is 0 Å². The molecule has 1 fully saturated rings. The highest BCUT2D eigenvalue weighted by atomic mass is 16.5. The van der Waals surface area contributed by atoms with Crippen LogP contribution < -0.4 is 0 Å². The molecule has 1 heterocycles. The number of carbonyl (C=O) groups is 1. The van der Waals surface area contributed by atoms with Crippen LogP contribution in [0, 0.1) is 5.41 Å². The summed E-state index contributed by atoms with van der Waals surface area (Å²) in [6.07, 6.45) is 2.45. The lowest BCUT2D eigenvalue weighted by Gasteiger charge is -2.38. The van der Waals surface area contributed by atoms with Crippen LogP contribution in [0.15, 0.2) is 0 Å². The molecule has 0 aromatic rings. The first-order valence-electron chi connectivity index (χ1n) is 5.80.